The van der Waals surface area contributed by atoms with Crippen molar-refractivity contribution in [1.82, 2.24) is 9.80 Å². The number of piperazine rings is 1. The lowest BCUT2D eigenvalue weighted by Gasteiger charge is -2.32. The molecule has 0 bridgehead atoms. The summed E-state index contributed by atoms with van der Waals surface area (Å²) < 4.78 is 5.47. The van der Waals surface area contributed by atoms with Crippen LogP contribution in [-0.2, 0) is 9.59 Å². The minimum Gasteiger partial charge on any atom is -0.484 e. The van der Waals surface area contributed by atoms with E-state index in [1.165, 1.54) is 0 Å². The molecule has 0 aliphatic carbocycles. The molecule has 1 fully saturated rings. The third-order valence-electron chi connectivity index (χ3n) is 3.96. The van der Waals surface area contributed by atoms with Gasteiger partial charge in [0, 0.05) is 38.2 Å². The van der Waals surface area contributed by atoms with Gasteiger partial charge in [-0.1, -0.05) is 0 Å². The largest absolute Gasteiger partial charge is 0.484 e. The zero-order chi connectivity index (χ0) is 17.5. The predicted molar refractivity (Wildman–Crippen MR) is 87.2 cm³/mol. The lowest BCUT2D eigenvalue weighted by atomic mass is 10.1. The van der Waals surface area contributed by atoms with Gasteiger partial charge in [0.15, 0.2) is 12.4 Å². The van der Waals surface area contributed by atoms with Crippen LogP contribution in [-0.4, -0.2) is 72.4 Å². The first-order valence-corrected chi connectivity index (χ1v) is 7.90. The summed E-state index contributed by atoms with van der Waals surface area (Å²) >= 11 is 0. The molecule has 2 rings (SSSR count). The summed E-state index contributed by atoms with van der Waals surface area (Å²) in [7, 11) is 2.03. The number of aliphatic carboxylic acids is 1. The minimum atomic E-state index is -0.995. The van der Waals surface area contributed by atoms with Gasteiger partial charge in [-0.2, -0.15) is 0 Å². The number of likely N-dealkylation sites (N-methyl/N-ethyl adjacent to an activating group) is 1. The highest BCUT2D eigenvalue weighted by molar-refractivity contribution is 5.97. The highest BCUT2D eigenvalue weighted by Crippen LogP contribution is 2.14. The number of carboxylic acids is 1. The van der Waals surface area contributed by atoms with Crippen LogP contribution < -0.4 is 4.74 Å². The molecule has 0 unspecified atom stereocenters. The van der Waals surface area contributed by atoms with Crippen molar-refractivity contribution in [3.05, 3.63) is 29.8 Å². The molecule has 24 heavy (non-hydrogen) atoms. The van der Waals surface area contributed by atoms with Crippen molar-refractivity contribution in [2.75, 3.05) is 39.8 Å². The topological polar surface area (TPSA) is 87.2 Å². The van der Waals surface area contributed by atoms with Crippen LogP contribution in [0.3, 0.4) is 0 Å². The molecule has 1 aliphatic rings. The fourth-order valence-electron chi connectivity index (χ4n) is 2.39. The number of benzene rings is 1. The number of nitrogens with zero attached hydrogens (tertiary/aromatic N) is 2. The van der Waals surface area contributed by atoms with E-state index < -0.39 is 5.97 Å². The lowest BCUT2D eigenvalue weighted by Crippen LogP contribution is -2.48. The van der Waals surface area contributed by atoms with Gasteiger partial charge >= 0.3 is 5.97 Å². The highest BCUT2D eigenvalue weighted by Gasteiger charge is 2.19. The lowest BCUT2D eigenvalue weighted by molar-refractivity contribution is -0.137. The van der Waals surface area contributed by atoms with Gasteiger partial charge in [0.2, 0.25) is 0 Å². The van der Waals surface area contributed by atoms with Crippen molar-refractivity contribution in [3.8, 4) is 5.75 Å². The molecule has 1 aliphatic heterocycles. The van der Waals surface area contributed by atoms with Crippen LogP contribution in [0.5, 0.6) is 5.75 Å². The number of carboxylic acid groups (broad SMARTS) is 1. The molecule has 1 saturated heterocycles. The Hall–Kier alpha value is -2.41. The summed E-state index contributed by atoms with van der Waals surface area (Å²) in [5.74, 6) is -0.764. The number of carbonyl (C=O) groups excluding carboxylic acids is 2. The second-order valence-corrected chi connectivity index (χ2v) is 5.81. The first-order valence-electron chi connectivity index (χ1n) is 7.90. The normalized spacial score (nSPS) is 15.1. The van der Waals surface area contributed by atoms with Crippen LogP contribution in [0.1, 0.15) is 23.2 Å². The number of amides is 1. The molecular weight excluding hydrogens is 312 g/mol. The van der Waals surface area contributed by atoms with Gasteiger partial charge in [-0.15, -0.1) is 0 Å². The van der Waals surface area contributed by atoms with Crippen molar-refractivity contribution < 1.29 is 24.2 Å². The Kier molecular flexibility index (Phi) is 6.31. The van der Waals surface area contributed by atoms with Crippen molar-refractivity contribution in [1.29, 1.82) is 0 Å². The molecule has 0 spiro atoms. The molecule has 0 saturated carbocycles. The van der Waals surface area contributed by atoms with E-state index in [0.29, 0.717) is 24.4 Å². The van der Waals surface area contributed by atoms with E-state index in [-0.39, 0.29) is 31.1 Å². The first kappa shape index (κ1) is 17.9. The molecule has 7 nitrogen and oxygen atoms in total. The third kappa shape index (κ3) is 5.34. The number of ketones is 1. The van der Waals surface area contributed by atoms with Crippen LogP contribution in [0.15, 0.2) is 24.3 Å². The summed E-state index contributed by atoms with van der Waals surface area (Å²) in [6.07, 6.45) is -0.214. The maximum Gasteiger partial charge on any atom is 0.303 e. The Labute approximate surface area is 140 Å². The van der Waals surface area contributed by atoms with E-state index in [4.69, 9.17) is 9.84 Å². The van der Waals surface area contributed by atoms with Gasteiger partial charge in [0.1, 0.15) is 5.75 Å². The maximum absolute atomic E-state index is 12.1. The molecule has 1 aromatic carbocycles. The van der Waals surface area contributed by atoms with Crippen molar-refractivity contribution in [3.63, 3.8) is 0 Å². The fraction of sp³-hybridized carbons (Fsp3) is 0.471. The molecule has 130 valence electrons. The van der Waals surface area contributed by atoms with E-state index in [2.05, 4.69) is 4.90 Å². The van der Waals surface area contributed by atoms with Gasteiger partial charge in [-0.25, -0.2) is 0 Å². The van der Waals surface area contributed by atoms with Gasteiger partial charge in [0.05, 0.1) is 6.42 Å². The zero-order valence-corrected chi connectivity index (χ0v) is 13.7. The second kappa shape index (κ2) is 8.44. The summed E-state index contributed by atoms with van der Waals surface area (Å²) in [4.78, 5) is 38.3. The van der Waals surface area contributed by atoms with Crippen LogP contribution in [0.25, 0.3) is 0 Å². The Morgan fingerprint density at radius 1 is 1.04 bits per heavy atom. The van der Waals surface area contributed by atoms with E-state index in [0.717, 1.165) is 13.1 Å². The second-order valence-electron chi connectivity index (χ2n) is 5.81. The van der Waals surface area contributed by atoms with E-state index in [1.807, 2.05) is 7.05 Å². The fourth-order valence-corrected chi connectivity index (χ4v) is 2.39. The number of carbonyl (C=O) groups is 3. The van der Waals surface area contributed by atoms with Crippen LogP contribution in [0.4, 0.5) is 0 Å². The molecule has 0 aromatic heterocycles. The third-order valence-corrected chi connectivity index (χ3v) is 3.96. The number of Topliss-reactive ketones (excluding diaryl/α,β-unsaturated/α-hetero) is 1. The van der Waals surface area contributed by atoms with Gasteiger partial charge in [0.25, 0.3) is 5.91 Å². The molecule has 1 N–H and O–H groups in total. The van der Waals surface area contributed by atoms with E-state index in [1.54, 1.807) is 29.2 Å². The highest BCUT2D eigenvalue weighted by atomic mass is 16.5. The summed E-state index contributed by atoms with van der Waals surface area (Å²) in [6, 6.07) is 6.40. The standard InChI is InChI=1S/C17H22N2O5/c1-18-8-10-19(11-9-18)16(21)12-24-14-4-2-13(3-5-14)15(20)6-7-17(22)23/h2-5H,6-12H2,1H3,(H,22,23). The predicted octanol–water partition coefficient (Wildman–Crippen LogP) is 0.887. The SMILES string of the molecule is CN1CCN(C(=O)COc2ccc(C(=O)CCC(=O)O)cc2)CC1. The smallest absolute Gasteiger partial charge is 0.303 e. The van der Waals surface area contributed by atoms with Gasteiger partial charge < -0.3 is 19.6 Å². The van der Waals surface area contributed by atoms with Crippen molar-refractivity contribution in [2.24, 2.45) is 0 Å². The molecule has 7 heteroatoms. The minimum absolute atomic E-state index is 0.0303. The van der Waals surface area contributed by atoms with Crippen molar-refractivity contribution >= 4 is 17.7 Å². The summed E-state index contributed by atoms with van der Waals surface area (Å²) in [6.45, 7) is 3.10. The van der Waals surface area contributed by atoms with Crippen LogP contribution >= 0.6 is 0 Å². The van der Waals surface area contributed by atoms with Crippen molar-refractivity contribution in [2.45, 2.75) is 12.8 Å². The Morgan fingerprint density at radius 2 is 1.67 bits per heavy atom. The summed E-state index contributed by atoms with van der Waals surface area (Å²) in [5.41, 5.74) is 0.439. The maximum atomic E-state index is 12.1. The molecule has 1 aromatic rings. The average Bonchev–Trinajstić information content (AvgIpc) is 2.58. The average molecular weight is 334 g/mol. The molecule has 0 atom stereocenters. The van der Waals surface area contributed by atoms with Gasteiger partial charge in [-0.05, 0) is 31.3 Å². The Balaban J connectivity index is 1.80. The van der Waals surface area contributed by atoms with Gasteiger partial charge in [-0.3, -0.25) is 14.4 Å². The Morgan fingerprint density at radius 3 is 2.25 bits per heavy atom. The van der Waals surface area contributed by atoms with E-state index >= 15 is 0 Å². The first-order chi connectivity index (χ1) is 11.5. The van der Waals surface area contributed by atoms with E-state index in [9.17, 15) is 14.4 Å². The molecular formula is C17H22N2O5. The number of hydrogen-bond acceptors (Lipinski definition) is 5. The monoisotopic (exact) mass is 334 g/mol. The number of ether oxygens (including phenoxy) is 1. The van der Waals surface area contributed by atoms with Crippen LogP contribution in [0, 0.1) is 0 Å². The molecule has 0 radical (unpaired) electrons. The number of rotatable bonds is 7. The quantitative estimate of drug-likeness (QED) is 0.745. The summed E-state index contributed by atoms with van der Waals surface area (Å²) in [5, 5.41) is 8.59. The zero-order valence-electron chi connectivity index (χ0n) is 13.7. The number of hydrogen-bond donors (Lipinski definition) is 1. The molecule has 1 heterocycles. The van der Waals surface area contributed by atoms with Crippen LogP contribution in [0.2, 0.25) is 0 Å². The Bertz CT molecular complexity index is 592. The molecule has 1 amide bonds.